The smallest absolute Gasteiger partial charge is 0.0944 e. The van der Waals surface area contributed by atoms with Gasteiger partial charge in [-0.05, 0) is 30.0 Å². The second kappa shape index (κ2) is 3.29. The molecule has 0 bridgehead atoms. The van der Waals surface area contributed by atoms with Crippen LogP contribution in [0, 0.1) is 0 Å². The van der Waals surface area contributed by atoms with E-state index >= 15 is 0 Å². The van der Waals surface area contributed by atoms with Gasteiger partial charge in [0, 0.05) is 11.1 Å². The van der Waals surface area contributed by atoms with Crippen molar-refractivity contribution in [3.8, 4) is 0 Å². The predicted octanol–water partition coefficient (Wildman–Crippen LogP) is 1.65. The molecule has 1 aliphatic carbocycles. The first-order valence-electron chi connectivity index (χ1n) is 4.41. The molecule has 0 unspecified atom stereocenters. The molecule has 0 saturated carbocycles. The van der Waals surface area contributed by atoms with Gasteiger partial charge in [0.15, 0.2) is 0 Å². The summed E-state index contributed by atoms with van der Waals surface area (Å²) in [4.78, 5) is 0. The van der Waals surface area contributed by atoms with Crippen LogP contribution in [0.15, 0.2) is 18.2 Å². The molecule has 2 atom stereocenters. The molecule has 13 heavy (non-hydrogen) atoms. The number of hydrogen-bond acceptors (Lipinski definition) is 2. The van der Waals surface area contributed by atoms with Gasteiger partial charge in [0.1, 0.15) is 0 Å². The summed E-state index contributed by atoms with van der Waals surface area (Å²) < 4.78 is 0. The molecule has 0 aliphatic heterocycles. The van der Waals surface area contributed by atoms with E-state index in [1.54, 1.807) is 0 Å². The molecule has 3 heteroatoms. The maximum atomic E-state index is 9.77. The summed E-state index contributed by atoms with van der Waals surface area (Å²) in [5, 5.41) is 10.5. The first-order chi connectivity index (χ1) is 6.20. The molecule has 0 spiro atoms. The van der Waals surface area contributed by atoms with Gasteiger partial charge in [0.25, 0.3) is 0 Å². The fourth-order valence-corrected chi connectivity index (χ4v) is 2.09. The van der Waals surface area contributed by atoms with Crippen LogP contribution in [0.5, 0.6) is 0 Å². The lowest BCUT2D eigenvalue weighted by atomic mass is 9.86. The van der Waals surface area contributed by atoms with E-state index in [1.165, 1.54) is 0 Å². The molecule has 2 rings (SSSR count). The van der Waals surface area contributed by atoms with Gasteiger partial charge >= 0.3 is 0 Å². The van der Waals surface area contributed by atoms with Crippen molar-refractivity contribution >= 4 is 11.6 Å². The molecule has 2 nitrogen and oxygen atoms in total. The fraction of sp³-hybridized carbons (Fsp3) is 0.400. The van der Waals surface area contributed by atoms with Crippen molar-refractivity contribution in [2.75, 3.05) is 0 Å². The van der Waals surface area contributed by atoms with Gasteiger partial charge in [-0.2, -0.15) is 0 Å². The fourth-order valence-electron chi connectivity index (χ4n) is 1.82. The lowest BCUT2D eigenvalue weighted by molar-refractivity contribution is 0.134. The summed E-state index contributed by atoms with van der Waals surface area (Å²) in [6.07, 6.45) is 1.12. The monoisotopic (exact) mass is 197 g/mol. The average Bonchev–Trinajstić information content (AvgIpc) is 2.12. The van der Waals surface area contributed by atoms with Gasteiger partial charge in [-0.15, -0.1) is 0 Å². The highest BCUT2D eigenvalue weighted by atomic mass is 35.5. The largest absolute Gasteiger partial charge is 0.387 e. The van der Waals surface area contributed by atoms with E-state index in [9.17, 15) is 5.11 Å². The van der Waals surface area contributed by atoms with Gasteiger partial charge in [0.2, 0.25) is 0 Å². The molecule has 1 aromatic rings. The van der Waals surface area contributed by atoms with Crippen molar-refractivity contribution in [1.82, 2.24) is 0 Å². The Morgan fingerprint density at radius 1 is 1.46 bits per heavy atom. The van der Waals surface area contributed by atoms with Crippen molar-refractivity contribution in [3.05, 3.63) is 34.3 Å². The first-order valence-corrected chi connectivity index (χ1v) is 4.79. The molecule has 0 amide bonds. The molecular formula is C10H12ClNO. The minimum Gasteiger partial charge on any atom is -0.387 e. The highest BCUT2D eigenvalue weighted by molar-refractivity contribution is 6.31. The van der Waals surface area contributed by atoms with E-state index < -0.39 is 6.10 Å². The molecular weight excluding hydrogens is 186 g/mol. The third-order valence-electron chi connectivity index (χ3n) is 2.61. The van der Waals surface area contributed by atoms with Crippen LogP contribution < -0.4 is 5.73 Å². The number of halogens is 1. The van der Waals surface area contributed by atoms with Crippen molar-refractivity contribution in [3.63, 3.8) is 0 Å². The lowest BCUT2D eigenvalue weighted by Crippen LogP contribution is -2.33. The Labute approximate surface area is 82.3 Å². The highest BCUT2D eigenvalue weighted by Crippen LogP contribution is 2.32. The van der Waals surface area contributed by atoms with Gasteiger partial charge in [-0.3, -0.25) is 0 Å². The summed E-state index contributed by atoms with van der Waals surface area (Å²) in [6, 6.07) is 5.45. The van der Waals surface area contributed by atoms with Crippen molar-refractivity contribution in [2.24, 2.45) is 5.73 Å². The second-order valence-electron chi connectivity index (χ2n) is 3.45. The van der Waals surface area contributed by atoms with Gasteiger partial charge in [0.05, 0.1) is 6.10 Å². The predicted molar refractivity (Wildman–Crippen MR) is 52.7 cm³/mol. The van der Waals surface area contributed by atoms with Gasteiger partial charge < -0.3 is 10.8 Å². The van der Waals surface area contributed by atoms with Crippen molar-refractivity contribution < 1.29 is 5.11 Å². The van der Waals surface area contributed by atoms with Crippen molar-refractivity contribution in [2.45, 2.75) is 25.0 Å². The van der Waals surface area contributed by atoms with Crippen LogP contribution in [0.2, 0.25) is 5.02 Å². The summed E-state index contributed by atoms with van der Waals surface area (Å²) in [6.45, 7) is 0. The SMILES string of the molecule is N[C@@H]1CCc2c(Cl)cccc2[C@H]1O. The number of rotatable bonds is 0. The third-order valence-corrected chi connectivity index (χ3v) is 2.96. The molecule has 1 aromatic carbocycles. The van der Waals surface area contributed by atoms with Crippen LogP contribution in [-0.4, -0.2) is 11.1 Å². The second-order valence-corrected chi connectivity index (χ2v) is 3.86. The highest BCUT2D eigenvalue weighted by Gasteiger charge is 2.25. The van der Waals surface area contributed by atoms with Crippen LogP contribution in [0.25, 0.3) is 0 Å². The Kier molecular flexibility index (Phi) is 2.28. The minimum absolute atomic E-state index is 0.147. The lowest BCUT2D eigenvalue weighted by Gasteiger charge is -2.27. The normalized spacial score (nSPS) is 27.0. The number of fused-ring (bicyclic) bond motifs is 1. The van der Waals surface area contributed by atoms with Crippen LogP contribution in [0.4, 0.5) is 0 Å². The standard InChI is InChI=1S/C10H12ClNO/c11-8-3-1-2-7-6(8)4-5-9(12)10(7)13/h1-3,9-10,13H,4-5,12H2/t9-,10-/m1/s1. The minimum atomic E-state index is -0.553. The molecule has 0 heterocycles. The summed E-state index contributed by atoms with van der Waals surface area (Å²) >= 11 is 6.00. The quantitative estimate of drug-likeness (QED) is 0.665. The van der Waals surface area contributed by atoms with E-state index in [4.69, 9.17) is 17.3 Å². The van der Waals surface area contributed by atoms with E-state index in [2.05, 4.69) is 0 Å². The molecule has 0 fully saturated rings. The number of hydrogen-bond donors (Lipinski definition) is 2. The molecule has 1 aliphatic rings. The number of benzene rings is 1. The van der Waals surface area contributed by atoms with Gasteiger partial charge in [-0.25, -0.2) is 0 Å². The maximum absolute atomic E-state index is 9.77. The van der Waals surface area contributed by atoms with Crippen molar-refractivity contribution in [1.29, 1.82) is 0 Å². The number of aliphatic hydroxyl groups is 1. The molecule has 0 radical (unpaired) electrons. The molecule has 3 N–H and O–H groups in total. The molecule has 0 saturated heterocycles. The van der Waals surface area contributed by atoms with Crippen LogP contribution >= 0.6 is 11.6 Å². The summed E-state index contributed by atoms with van der Waals surface area (Å²) in [5.41, 5.74) is 7.70. The maximum Gasteiger partial charge on any atom is 0.0944 e. The number of nitrogens with two attached hydrogens (primary N) is 1. The van der Waals surface area contributed by atoms with E-state index in [0.29, 0.717) is 0 Å². The van der Waals surface area contributed by atoms with E-state index in [-0.39, 0.29) is 6.04 Å². The topological polar surface area (TPSA) is 46.2 Å². The van der Waals surface area contributed by atoms with E-state index in [1.807, 2.05) is 18.2 Å². The van der Waals surface area contributed by atoms with Crippen LogP contribution in [-0.2, 0) is 6.42 Å². The third kappa shape index (κ3) is 1.46. The van der Waals surface area contributed by atoms with Crippen LogP contribution in [0.1, 0.15) is 23.7 Å². The molecule has 0 aromatic heterocycles. The summed E-state index contributed by atoms with van der Waals surface area (Å²) in [5.74, 6) is 0. The molecule has 70 valence electrons. The summed E-state index contributed by atoms with van der Waals surface area (Å²) in [7, 11) is 0. The Hall–Kier alpha value is -0.570. The Balaban J connectivity index is 2.49. The zero-order valence-electron chi connectivity index (χ0n) is 7.20. The zero-order valence-corrected chi connectivity index (χ0v) is 7.96. The number of aliphatic hydroxyl groups excluding tert-OH is 1. The first kappa shape index (κ1) is 9.00. The average molecular weight is 198 g/mol. The Morgan fingerprint density at radius 3 is 3.00 bits per heavy atom. The van der Waals surface area contributed by atoms with E-state index in [0.717, 1.165) is 29.0 Å². The Morgan fingerprint density at radius 2 is 2.23 bits per heavy atom. The van der Waals surface area contributed by atoms with Gasteiger partial charge in [-0.1, -0.05) is 23.7 Å². The van der Waals surface area contributed by atoms with Crippen LogP contribution in [0.3, 0.4) is 0 Å². The Bertz CT molecular complexity index is 327. The zero-order chi connectivity index (χ0) is 9.42.